The number of benzene rings is 1. The van der Waals surface area contributed by atoms with Crippen molar-refractivity contribution in [3.8, 4) is 0 Å². The second kappa shape index (κ2) is 11.9. The molecule has 2 N–H and O–H groups in total. The van der Waals surface area contributed by atoms with Crippen LogP contribution in [0.3, 0.4) is 0 Å². The second-order valence-electron chi connectivity index (χ2n) is 7.76. The summed E-state index contributed by atoms with van der Waals surface area (Å²) < 4.78 is 30.6. The van der Waals surface area contributed by atoms with Gasteiger partial charge in [0, 0.05) is 13.1 Å². The number of rotatable bonds is 10. The molecule has 0 aliphatic carbocycles. The fraction of sp³-hybridized carbons (Fsp3) is 0.522. The molecule has 3 rings (SSSR count). The van der Waals surface area contributed by atoms with Gasteiger partial charge in [0.1, 0.15) is 5.76 Å². The van der Waals surface area contributed by atoms with E-state index in [9.17, 15) is 8.42 Å². The Morgan fingerprint density at radius 3 is 2.55 bits per heavy atom. The van der Waals surface area contributed by atoms with Crippen LogP contribution in [0.5, 0.6) is 0 Å². The van der Waals surface area contributed by atoms with E-state index >= 15 is 0 Å². The van der Waals surface area contributed by atoms with Crippen molar-refractivity contribution in [2.75, 3.05) is 38.5 Å². The van der Waals surface area contributed by atoms with Crippen LogP contribution < -0.4 is 10.6 Å². The molecule has 8 heteroatoms. The van der Waals surface area contributed by atoms with Crippen LogP contribution in [0.2, 0.25) is 0 Å². The van der Waals surface area contributed by atoms with Gasteiger partial charge in [-0.05, 0) is 63.5 Å². The normalized spacial score (nSPS) is 16.7. The number of piperidine rings is 1. The molecule has 7 nitrogen and oxygen atoms in total. The standard InChI is InChI=1S/C23H34N4O3S/c1-2-24-23(25-14-10-18-31(28,29)20-11-5-3-6-12-20)26-19-21(22-13-9-17-30-22)27-15-7-4-8-16-27/h3,5-6,9,11-13,17,21H,2,4,7-8,10,14-16,18-19H2,1H3,(H2,24,25,26). The molecule has 170 valence electrons. The molecule has 0 amide bonds. The van der Waals surface area contributed by atoms with E-state index in [2.05, 4.69) is 15.5 Å². The van der Waals surface area contributed by atoms with E-state index in [1.54, 1.807) is 30.5 Å². The van der Waals surface area contributed by atoms with Crippen LogP contribution in [0.4, 0.5) is 0 Å². The Bertz CT molecular complexity index is 892. The number of guanidine groups is 1. The van der Waals surface area contributed by atoms with Gasteiger partial charge in [-0.1, -0.05) is 24.6 Å². The Morgan fingerprint density at radius 2 is 1.87 bits per heavy atom. The van der Waals surface area contributed by atoms with Gasteiger partial charge in [0.2, 0.25) is 0 Å². The topological polar surface area (TPSA) is 86.9 Å². The fourth-order valence-corrected chi connectivity index (χ4v) is 5.16. The maximum Gasteiger partial charge on any atom is 0.191 e. The highest BCUT2D eigenvalue weighted by molar-refractivity contribution is 7.91. The Balaban J connectivity index is 1.56. The van der Waals surface area contributed by atoms with Crippen molar-refractivity contribution in [2.45, 2.75) is 43.5 Å². The SMILES string of the molecule is CCNC(=NCC(c1ccco1)N1CCCCC1)NCCCS(=O)(=O)c1ccccc1. The van der Waals surface area contributed by atoms with Crippen molar-refractivity contribution >= 4 is 15.8 Å². The molecule has 31 heavy (non-hydrogen) atoms. The highest BCUT2D eigenvalue weighted by Gasteiger charge is 2.24. The first-order valence-corrected chi connectivity index (χ1v) is 12.8. The van der Waals surface area contributed by atoms with E-state index in [4.69, 9.17) is 9.41 Å². The van der Waals surface area contributed by atoms with Crippen LogP contribution in [0.15, 0.2) is 63.0 Å². The molecule has 1 unspecified atom stereocenters. The van der Waals surface area contributed by atoms with Gasteiger partial charge in [0.15, 0.2) is 15.8 Å². The van der Waals surface area contributed by atoms with Gasteiger partial charge >= 0.3 is 0 Å². The molecule has 1 saturated heterocycles. The largest absolute Gasteiger partial charge is 0.468 e. The van der Waals surface area contributed by atoms with Crippen LogP contribution >= 0.6 is 0 Å². The van der Waals surface area contributed by atoms with Crippen LogP contribution in [0.1, 0.15) is 44.4 Å². The van der Waals surface area contributed by atoms with E-state index < -0.39 is 9.84 Å². The summed E-state index contributed by atoms with van der Waals surface area (Å²) in [6.45, 7) is 6.00. The lowest BCUT2D eigenvalue weighted by Crippen LogP contribution is -2.40. The lowest BCUT2D eigenvalue weighted by atomic mass is 10.1. The average molecular weight is 447 g/mol. The number of hydrogen-bond donors (Lipinski definition) is 2. The third-order valence-corrected chi connectivity index (χ3v) is 7.27. The van der Waals surface area contributed by atoms with E-state index in [-0.39, 0.29) is 11.8 Å². The molecule has 1 fully saturated rings. The van der Waals surface area contributed by atoms with Crippen molar-refractivity contribution in [1.29, 1.82) is 0 Å². The number of nitrogens with zero attached hydrogens (tertiary/aromatic N) is 2. The van der Waals surface area contributed by atoms with Gasteiger partial charge in [0.25, 0.3) is 0 Å². The minimum atomic E-state index is -3.26. The Morgan fingerprint density at radius 1 is 1.10 bits per heavy atom. The Labute approximate surface area is 185 Å². The minimum Gasteiger partial charge on any atom is -0.468 e. The summed E-state index contributed by atoms with van der Waals surface area (Å²) in [6.07, 6.45) is 5.91. The van der Waals surface area contributed by atoms with Crippen LogP contribution in [-0.4, -0.2) is 57.8 Å². The average Bonchev–Trinajstić information content (AvgIpc) is 3.33. The summed E-state index contributed by atoms with van der Waals surface area (Å²) >= 11 is 0. The number of aliphatic imine (C=N–C) groups is 1. The Kier molecular flexibility index (Phi) is 8.97. The van der Waals surface area contributed by atoms with E-state index in [1.165, 1.54) is 19.3 Å². The molecular formula is C23H34N4O3S. The summed E-state index contributed by atoms with van der Waals surface area (Å²) in [7, 11) is -3.26. The third-order valence-electron chi connectivity index (χ3n) is 5.45. The molecule has 1 aliphatic rings. The number of likely N-dealkylation sites (tertiary alicyclic amines) is 1. The zero-order chi connectivity index (χ0) is 21.9. The van der Waals surface area contributed by atoms with E-state index in [0.717, 1.165) is 25.4 Å². The van der Waals surface area contributed by atoms with Gasteiger partial charge in [-0.15, -0.1) is 0 Å². The minimum absolute atomic E-state index is 0.103. The fourth-order valence-electron chi connectivity index (χ4n) is 3.83. The number of furan rings is 1. The molecule has 1 aromatic carbocycles. The smallest absolute Gasteiger partial charge is 0.191 e. The molecule has 1 aromatic heterocycles. The molecule has 0 radical (unpaired) electrons. The van der Waals surface area contributed by atoms with Crippen molar-refractivity contribution < 1.29 is 12.8 Å². The number of hydrogen-bond acceptors (Lipinski definition) is 5. The molecule has 1 aliphatic heterocycles. The third kappa shape index (κ3) is 7.11. The maximum atomic E-state index is 12.4. The van der Waals surface area contributed by atoms with Gasteiger partial charge in [-0.3, -0.25) is 9.89 Å². The lowest BCUT2D eigenvalue weighted by molar-refractivity contribution is 0.150. The maximum absolute atomic E-state index is 12.4. The molecule has 1 atom stereocenters. The highest BCUT2D eigenvalue weighted by atomic mass is 32.2. The predicted octanol–water partition coefficient (Wildman–Crippen LogP) is 3.23. The molecule has 0 spiro atoms. The first-order chi connectivity index (χ1) is 15.1. The zero-order valence-corrected chi connectivity index (χ0v) is 19.1. The Hall–Kier alpha value is -2.32. The van der Waals surface area contributed by atoms with Crippen molar-refractivity contribution in [1.82, 2.24) is 15.5 Å². The van der Waals surface area contributed by atoms with E-state index in [0.29, 0.717) is 30.4 Å². The predicted molar refractivity (Wildman–Crippen MR) is 124 cm³/mol. The summed E-state index contributed by atoms with van der Waals surface area (Å²) in [5.74, 6) is 1.75. The van der Waals surface area contributed by atoms with Gasteiger partial charge in [0.05, 0.1) is 29.5 Å². The summed E-state index contributed by atoms with van der Waals surface area (Å²) in [5, 5.41) is 6.53. The molecular weight excluding hydrogens is 412 g/mol. The van der Waals surface area contributed by atoms with Crippen molar-refractivity contribution in [2.24, 2.45) is 4.99 Å². The van der Waals surface area contributed by atoms with Crippen molar-refractivity contribution in [3.63, 3.8) is 0 Å². The van der Waals surface area contributed by atoms with Crippen LogP contribution in [0, 0.1) is 0 Å². The monoisotopic (exact) mass is 446 g/mol. The van der Waals surface area contributed by atoms with Crippen LogP contribution in [0.25, 0.3) is 0 Å². The first kappa shape index (κ1) is 23.3. The van der Waals surface area contributed by atoms with Gasteiger partial charge in [-0.25, -0.2) is 8.42 Å². The summed E-state index contributed by atoms with van der Waals surface area (Å²) in [5.41, 5.74) is 0. The first-order valence-electron chi connectivity index (χ1n) is 11.2. The zero-order valence-electron chi connectivity index (χ0n) is 18.3. The second-order valence-corrected chi connectivity index (χ2v) is 9.87. The molecule has 2 aromatic rings. The lowest BCUT2D eigenvalue weighted by Gasteiger charge is -2.32. The molecule has 0 saturated carbocycles. The van der Waals surface area contributed by atoms with Gasteiger partial charge in [-0.2, -0.15) is 0 Å². The molecule has 2 heterocycles. The number of sulfone groups is 1. The summed E-state index contributed by atoms with van der Waals surface area (Å²) in [4.78, 5) is 7.60. The van der Waals surface area contributed by atoms with Crippen molar-refractivity contribution in [3.05, 3.63) is 54.5 Å². The van der Waals surface area contributed by atoms with Crippen LogP contribution in [-0.2, 0) is 9.84 Å². The number of nitrogens with one attached hydrogen (secondary N) is 2. The highest BCUT2D eigenvalue weighted by Crippen LogP contribution is 2.25. The summed E-state index contributed by atoms with van der Waals surface area (Å²) in [6, 6.07) is 12.7. The van der Waals surface area contributed by atoms with Gasteiger partial charge < -0.3 is 15.1 Å². The quantitative estimate of drug-likeness (QED) is 0.331. The molecule has 0 bridgehead atoms. The van der Waals surface area contributed by atoms with E-state index in [1.807, 2.05) is 25.1 Å².